The van der Waals surface area contributed by atoms with Crippen molar-refractivity contribution in [1.29, 1.82) is 0 Å². The van der Waals surface area contributed by atoms with E-state index in [9.17, 15) is 27.9 Å². The number of hydrogen-bond acceptors (Lipinski definition) is 3. The number of benzene rings is 2. The van der Waals surface area contributed by atoms with Crippen molar-refractivity contribution in [2.75, 3.05) is 0 Å². The van der Waals surface area contributed by atoms with Crippen LogP contribution in [0, 0.1) is 6.92 Å². The number of carboxylic acids is 1. The number of hydrogen-bond donors (Lipinski definition) is 3. The third-order valence-electron chi connectivity index (χ3n) is 5.70. The summed E-state index contributed by atoms with van der Waals surface area (Å²) in [6, 6.07) is 12.2. The summed E-state index contributed by atoms with van der Waals surface area (Å²) in [5.74, 6) is -2.46. The van der Waals surface area contributed by atoms with Crippen LogP contribution in [0.3, 0.4) is 0 Å². The highest BCUT2D eigenvalue weighted by Crippen LogP contribution is 2.49. The van der Waals surface area contributed by atoms with Crippen molar-refractivity contribution >= 4 is 17.6 Å². The Hall–Kier alpha value is -3.10. The van der Waals surface area contributed by atoms with Gasteiger partial charge in [-0.05, 0) is 41.3 Å². The third-order valence-corrected chi connectivity index (χ3v) is 6.02. The molecule has 0 fully saturated rings. The van der Waals surface area contributed by atoms with Crippen LogP contribution in [-0.2, 0) is 16.8 Å². The number of carbonyl (C=O) groups is 1. The fourth-order valence-electron chi connectivity index (χ4n) is 3.75. The Kier molecular flexibility index (Phi) is 6.72. The fraction of sp³-hybridized carbons (Fsp3) is 0.250. The number of halogens is 4. The molecule has 1 aromatic heterocycles. The third kappa shape index (κ3) is 4.82. The molecule has 0 spiro atoms. The number of nitrogens with one attached hydrogen (secondary N) is 1. The quantitative estimate of drug-likeness (QED) is 0.454. The predicted molar refractivity (Wildman–Crippen MR) is 118 cm³/mol. The Labute approximate surface area is 192 Å². The molecule has 174 valence electrons. The van der Waals surface area contributed by atoms with E-state index < -0.39 is 34.8 Å². The van der Waals surface area contributed by atoms with E-state index in [1.807, 2.05) is 0 Å². The Balaban J connectivity index is 2.01. The first-order valence-corrected chi connectivity index (χ1v) is 10.3. The minimum Gasteiger partial charge on any atom is -0.481 e. The average molecular weight is 480 g/mol. The van der Waals surface area contributed by atoms with Gasteiger partial charge in [0.05, 0.1) is 6.42 Å². The van der Waals surface area contributed by atoms with E-state index in [1.165, 1.54) is 26.0 Å². The van der Waals surface area contributed by atoms with Crippen LogP contribution < -0.4 is 5.56 Å². The number of alkyl halides is 3. The highest BCUT2D eigenvalue weighted by molar-refractivity contribution is 6.31. The topological polar surface area (TPSA) is 90.4 Å². The number of rotatable bonds is 6. The van der Waals surface area contributed by atoms with Crippen molar-refractivity contribution in [3.8, 4) is 11.1 Å². The van der Waals surface area contributed by atoms with Crippen molar-refractivity contribution < 1.29 is 28.2 Å². The van der Waals surface area contributed by atoms with E-state index in [0.717, 1.165) is 12.3 Å². The van der Waals surface area contributed by atoms with Gasteiger partial charge >= 0.3 is 12.1 Å². The van der Waals surface area contributed by atoms with E-state index in [1.54, 1.807) is 30.3 Å². The molecule has 0 saturated carbocycles. The summed E-state index contributed by atoms with van der Waals surface area (Å²) in [6.07, 6.45) is -4.32. The molecule has 33 heavy (non-hydrogen) atoms. The van der Waals surface area contributed by atoms with E-state index in [4.69, 9.17) is 16.7 Å². The van der Waals surface area contributed by atoms with Crippen LogP contribution in [-0.4, -0.2) is 27.3 Å². The zero-order valence-electron chi connectivity index (χ0n) is 17.7. The molecule has 0 aliphatic heterocycles. The smallest absolute Gasteiger partial charge is 0.422 e. The van der Waals surface area contributed by atoms with E-state index >= 15 is 0 Å². The summed E-state index contributed by atoms with van der Waals surface area (Å²) < 4.78 is 42.4. The van der Waals surface area contributed by atoms with Crippen LogP contribution in [0.1, 0.15) is 35.1 Å². The molecule has 0 radical (unpaired) electrons. The molecular formula is C24H21ClF3NO4. The first kappa shape index (κ1) is 24.5. The van der Waals surface area contributed by atoms with Crippen LogP contribution in [0.15, 0.2) is 59.5 Å². The van der Waals surface area contributed by atoms with Crippen molar-refractivity contribution in [1.82, 2.24) is 4.98 Å². The van der Waals surface area contributed by atoms with Gasteiger partial charge in [-0.1, -0.05) is 54.9 Å². The molecule has 0 aliphatic carbocycles. The van der Waals surface area contributed by atoms with Gasteiger partial charge in [-0.2, -0.15) is 13.2 Å². The molecule has 2 atom stereocenters. The average Bonchev–Trinajstić information content (AvgIpc) is 2.74. The zero-order chi connectivity index (χ0) is 24.6. The molecular weight excluding hydrogens is 459 g/mol. The van der Waals surface area contributed by atoms with Crippen LogP contribution in [0.2, 0.25) is 5.02 Å². The number of aliphatic carboxylic acids is 1. The van der Waals surface area contributed by atoms with Gasteiger partial charge in [0.1, 0.15) is 0 Å². The van der Waals surface area contributed by atoms with Crippen molar-refractivity contribution in [3.05, 3.63) is 92.4 Å². The predicted octanol–water partition coefficient (Wildman–Crippen LogP) is 5.18. The molecule has 0 bridgehead atoms. The maximum absolute atomic E-state index is 14.1. The highest BCUT2D eigenvalue weighted by atomic mass is 35.5. The van der Waals surface area contributed by atoms with Crippen LogP contribution in [0.25, 0.3) is 11.1 Å². The number of aromatic nitrogens is 1. The molecule has 5 nitrogen and oxygen atoms in total. The molecule has 2 aromatic carbocycles. The second kappa shape index (κ2) is 9.03. The highest BCUT2D eigenvalue weighted by Gasteiger charge is 2.59. The Morgan fingerprint density at radius 2 is 1.70 bits per heavy atom. The first-order chi connectivity index (χ1) is 15.3. The molecule has 2 unspecified atom stereocenters. The summed E-state index contributed by atoms with van der Waals surface area (Å²) in [5, 5.41) is 19.8. The summed E-state index contributed by atoms with van der Waals surface area (Å²) in [4.78, 5) is 24.7. The van der Waals surface area contributed by atoms with E-state index in [2.05, 4.69) is 4.98 Å². The number of pyridine rings is 1. The lowest BCUT2D eigenvalue weighted by Gasteiger charge is -2.37. The molecule has 0 saturated heterocycles. The van der Waals surface area contributed by atoms with E-state index in [-0.39, 0.29) is 22.6 Å². The van der Waals surface area contributed by atoms with Gasteiger partial charge < -0.3 is 15.2 Å². The zero-order valence-corrected chi connectivity index (χ0v) is 18.5. The number of aliphatic hydroxyl groups is 1. The van der Waals surface area contributed by atoms with E-state index in [0.29, 0.717) is 16.7 Å². The van der Waals surface area contributed by atoms with Gasteiger partial charge in [-0.25, -0.2) is 0 Å². The Morgan fingerprint density at radius 3 is 2.21 bits per heavy atom. The van der Waals surface area contributed by atoms with Crippen molar-refractivity contribution in [3.63, 3.8) is 0 Å². The molecule has 9 heteroatoms. The van der Waals surface area contributed by atoms with Gasteiger partial charge in [0.15, 0.2) is 5.60 Å². The van der Waals surface area contributed by atoms with Gasteiger partial charge in [0.2, 0.25) is 0 Å². The molecule has 0 amide bonds. The van der Waals surface area contributed by atoms with Gasteiger partial charge in [-0.15, -0.1) is 0 Å². The summed E-state index contributed by atoms with van der Waals surface area (Å²) in [5.41, 5.74) is -2.30. The van der Waals surface area contributed by atoms with Gasteiger partial charge in [0, 0.05) is 28.3 Å². The van der Waals surface area contributed by atoms with Crippen LogP contribution in [0.5, 0.6) is 0 Å². The number of aromatic amines is 1. The maximum Gasteiger partial charge on any atom is 0.422 e. The monoisotopic (exact) mass is 479 g/mol. The number of carboxylic acid groups (broad SMARTS) is 1. The standard InChI is InChI=1S/C24H21ClF3NO4/c1-13-9-18(12-29-22(13)32)23(33,24(26,27)28)14(2)19-8-7-17(11-20(19)25)16-5-3-15(4-6-16)10-21(30)31/h3-9,11-12,14,33H,10H2,1-2H3,(H,29,32)(H,30,31). The van der Waals surface area contributed by atoms with Crippen molar-refractivity contribution in [2.24, 2.45) is 0 Å². The van der Waals surface area contributed by atoms with Crippen LogP contribution in [0.4, 0.5) is 13.2 Å². The molecule has 3 aromatic rings. The second-order valence-corrected chi connectivity index (χ2v) is 8.30. The first-order valence-electron chi connectivity index (χ1n) is 9.94. The molecule has 0 aliphatic rings. The normalized spacial score (nSPS) is 14.5. The number of aryl methyl sites for hydroxylation is 1. The Morgan fingerprint density at radius 1 is 1.09 bits per heavy atom. The summed E-state index contributed by atoms with van der Waals surface area (Å²) >= 11 is 6.36. The van der Waals surface area contributed by atoms with Gasteiger partial charge in [-0.3, -0.25) is 9.59 Å². The minimum atomic E-state index is -5.06. The molecule has 1 heterocycles. The second-order valence-electron chi connectivity index (χ2n) is 7.89. The van der Waals surface area contributed by atoms with Crippen molar-refractivity contribution in [2.45, 2.75) is 38.0 Å². The molecule has 3 N–H and O–H groups in total. The van der Waals surface area contributed by atoms with Gasteiger partial charge in [0.25, 0.3) is 5.56 Å². The Bertz CT molecular complexity index is 1240. The van der Waals surface area contributed by atoms with Crippen LogP contribution >= 0.6 is 11.6 Å². The fourth-order valence-corrected chi connectivity index (χ4v) is 4.09. The summed E-state index contributed by atoms with van der Waals surface area (Å²) in [7, 11) is 0. The minimum absolute atomic E-state index is 0.0263. The lowest BCUT2D eigenvalue weighted by Crippen LogP contribution is -2.47. The SMILES string of the molecule is Cc1cc(C(O)(C(C)c2ccc(-c3ccc(CC(=O)O)cc3)cc2Cl)C(F)(F)F)c[nH]c1=O. The largest absolute Gasteiger partial charge is 0.481 e. The lowest BCUT2D eigenvalue weighted by molar-refractivity contribution is -0.274. The maximum atomic E-state index is 14.1. The molecule has 3 rings (SSSR count). The summed E-state index contributed by atoms with van der Waals surface area (Å²) in [6.45, 7) is 2.57. The number of H-pyrrole nitrogens is 1. The lowest BCUT2D eigenvalue weighted by atomic mass is 9.77.